The normalized spacial score (nSPS) is 24.2. The number of ketones is 1. The molecule has 1 amide bonds. The summed E-state index contributed by atoms with van der Waals surface area (Å²) >= 11 is 1.65. The summed E-state index contributed by atoms with van der Waals surface area (Å²) in [5.74, 6) is -2.86. The molecule has 0 saturated heterocycles. The molecule has 8 heteroatoms. The number of carbonyl (C=O) groups excluding carboxylic acids is 2. The molecule has 1 aromatic heterocycles. The first-order valence-corrected chi connectivity index (χ1v) is 10.7. The Bertz CT molecular complexity index is 1040. The van der Waals surface area contributed by atoms with Crippen molar-refractivity contribution in [2.75, 3.05) is 6.54 Å². The van der Waals surface area contributed by atoms with Crippen molar-refractivity contribution in [3.8, 4) is 0 Å². The highest BCUT2D eigenvalue weighted by atomic mass is 32.2. The minimum Gasteiger partial charge on any atom is -0.356 e. The van der Waals surface area contributed by atoms with E-state index in [-0.39, 0.29) is 11.3 Å². The van der Waals surface area contributed by atoms with Gasteiger partial charge >= 0.3 is 0 Å². The van der Waals surface area contributed by atoms with Crippen molar-refractivity contribution < 1.29 is 22.8 Å². The van der Waals surface area contributed by atoms with Gasteiger partial charge in [0.25, 0.3) is 5.91 Å². The van der Waals surface area contributed by atoms with Gasteiger partial charge in [-0.15, -0.1) is 0 Å². The van der Waals surface area contributed by atoms with Crippen molar-refractivity contribution in [3.05, 3.63) is 62.4 Å². The van der Waals surface area contributed by atoms with E-state index in [0.29, 0.717) is 18.5 Å². The Hall–Kier alpha value is -2.44. The Kier molecular flexibility index (Phi) is 5.55. The number of hydrogen-bond donors (Lipinski definition) is 2. The lowest BCUT2D eigenvalue weighted by Crippen LogP contribution is -2.28. The van der Waals surface area contributed by atoms with Gasteiger partial charge in [-0.25, -0.2) is 13.2 Å². The van der Waals surface area contributed by atoms with Crippen molar-refractivity contribution in [1.29, 1.82) is 0 Å². The number of allylic oxidation sites excluding steroid dienone is 4. The van der Waals surface area contributed by atoms with Crippen molar-refractivity contribution >= 4 is 23.5 Å². The zero-order valence-electron chi connectivity index (χ0n) is 16.4. The lowest BCUT2D eigenvalue weighted by molar-refractivity contribution is 0.0952. The van der Waals surface area contributed by atoms with Gasteiger partial charge in [-0.1, -0.05) is 30.3 Å². The minimum absolute atomic E-state index is 0.0643. The number of rotatable bonds is 6. The standard InChI is InChI=1S/C22H21F3N2O2S/c1-22(25)9-14(23)7-16(24)19(22)20(28)13-6-17(26-10-13)21(29)27-11-15-8-18(30-15)12-4-2-3-5-12/h6,9-10,12,26H,2-5,7,11H2,1H3,(H,27,29). The van der Waals surface area contributed by atoms with Crippen LogP contribution in [0.5, 0.6) is 0 Å². The first kappa shape index (κ1) is 20.8. The summed E-state index contributed by atoms with van der Waals surface area (Å²) in [6, 6.07) is 1.24. The average Bonchev–Trinajstić information content (AvgIpc) is 3.30. The van der Waals surface area contributed by atoms with Gasteiger partial charge in [0.15, 0.2) is 11.5 Å². The predicted molar refractivity (Wildman–Crippen MR) is 109 cm³/mol. The molecule has 0 spiro atoms. The molecule has 3 aliphatic rings. The third-order valence-electron chi connectivity index (χ3n) is 5.56. The van der Waals surface area contributed by atoms with Crippen molar-refractivity contribution in [1.82, 2.24) is 10.3 Å². The Labute approximate surface area is 176 Å². The zero-order chi connectivity index (χ0) is 21.5. The molecule has 4 rings (SSSR count). The SMILES string of the molecule is CC1(F)C=C(F)CC(F)=C1C(=O)c1c[nH]c(C(=O)NCC2=C=C(C3CCCC3)S2)c1. The fraction of sp³-hybridized carbons (Fsp3) is 0.409. The number of aromatic nitrogens is 1. The van der Waals surface area contributed by atoms with Crippen molar-refractivity contribution in [2.24, 2.45) is 5.92 Å². The number of alkyl halides is 1. The summed E-state index contributed by atoms with van der Waals surface area (Å²) < 4.78 is 42.1. The largest absolute Gasteiger partial charge is 0.356 e. The molecule has 4 nitrogen and oxygen atoms in total. The summed E-state index contributed by atoms with van der Waals surface area (Å²) in [7, 11) is 0. The van der Waals surface area contributed by atoms with Crippen LogP contribution in [-0.4, -0.2) is 28.9 Å². The van der Waals surface area contributed by atoms with Crippen LogP contribution in [0.1, 0.15) is 59.9 Å². The highest BCUT2D eigenvalue weighted by molar-refractivity contribution is 8.07. The van der Waals surface area contributed by atoms with E-state index in [1.807, 2.05) is 0 Å². The Morgan fingerprint density at radius 1 is 1.33 bits per heavy atom. The van der Waals surface area contributed by atoms with Gasteiger partial charge in [-0.3, -0.25) is 9.59 Å². The number of hydrogen-bond acceptors (Lipinski definition) is 3. The summed E-state index contributed by atoms with van der Waals surface area (Å²) in [6.07, 6.45) is 5.98. The molecule has 1 unspecified atom stereocenters. The van der Waals surface area contributed by atoms with Crippen LogP contribution in [-0.2, 0) is 0 Å². The summed E-state index contributed by atoms with van der Waals surface area (Å²) in [4.78, 5) is 29.8. The van der Waals surface area contributed by atoms with Crippen LogP contribution < -0.4 is 5.32 Å². The maximum atomic E-state index is 14.6. The second kappa shape index (κ2) is 8.00. The van der Waals surface area contributed by atoms with Crippen LogP contribution in [0.25, 0.3) is 0 Å². The Balaban J connectivity index is 1.40. The van der Waals surface area contributed by atoms with E-state index in [4.69, 9.17) is 0 Å². The van der Waals surface area contributed by atoms with Gasteiger partial charge in [-0.2, -0.15) is 0 Å². The molecular weight excluding hydrogens is 413 g/mol. The lowest BCUT2D eigenvalue weighted by atomic mass is 9.86. The zero-order valence-corrected chi connectivity index (χ0v) is 17.2. The van der Waals surface area contributed by atoms with Gasteiger partial charge in [0.1, 0.15) is 17.3 Å². The highest BCUT2D eigenvalue weighted by Crippen LogP contribution is 2.44. The quantitative estimate of drug-likeness (QED) is 0.463. The number of carbonyl (C=O) groups is 2. The number of amides is 1. The fourth-order valence-corrected chi connectivity index (χ4v) is 5.04. The third-order valence-corrected chi connectivity index (χ3v) is 6.71. The van der Waals surface area contributed by atoms with Crippen LogP contribution in [0, 0.1) is 5.92 Å². The van der Waals surface area contributed by atoms with Gasteiger partial charge in [0.2, 0.25) is 0 Å². The Morgan fingerprint density at radius 3 is 2.70 bits per heavy atom. The molecule has 0 aromatic carbocycles. The van der Waals surface area contributed by atoms with Crippen LogP contribution in [0.2, 0.25) is 0 Å². The number of H-pyrrole nitrogens is 1. The van der Waals surface area contributed by atoms with Crippen LogP contribution in [0.4, 0.5) is 13.2 Å². The van der Waals surface area contributed by atoms with Gasteiger partial charge < -0.3 is 10.3 Å². The molecule has 0 bridgehead atoms. The summed E-state index contributed by atoms with van der Waals surface area (Å²) in [5, 5.41) is 2.74. The van der Waals surface area contributed by atoms with E-state index in [9.17, 15) is 22.8 Å². The first-order chi connectivity index (χ1) is 14.2. The van der Waals surface area contributed by atoms with E-state index in [0.717, 1.165) is 11.8 Å². The number of aromatic amines is 1. The molecule has 2 aliphatic carbocycles. The third kappa shape index (κ3) is 4.07. The van der Waals surface area contributed by atoms with Crippen molar-refractivity contribution in [3.63, 3.8) is 0 Å². The number of halogens is 3. The second-order valence-electron chi connectivity index (χ2n) is 7.93. The molecule has 1 aliphatic heterocycles. The number of nitrogens with one attached hydrogen (secondary N) is 2. The number of Topliss-reactive ketones (excluding diaryl/α,β-unsaturated/α-hetero) is 1. The lowest BCUT2D eigenvalue weighted by Gasteiger charge is -2.23. The molecular formula is C22H21F3N2O2S. The van der Waals surface area contributed by atoms with Crippen LogP contribution >= 0.6 is 11.8 Å². The van der Waals surface area contributed by atoms with E-state index in [1.54, 1.807) is 11.8 Å². The van der Waals surface area contributed by atoms with Crippen molar-refractivity contribution in [2.45, 2.75) is 44.7 Å². The molecule has 158 valence electrons. The first-order valence-electron chi connectivity index (χ1n) is 9.88. The van der Waals surface area contributed by atoms with Gasteiger partial charge in [0.05, 0.1) is 23.4 Å². The van der Waals surface area contributed by atoms with E-state index in [2.05, 4.69) is 16.0 Å². The predicted octanol–water partition coefficient (Wildman–Crippen LogP) is 5.44. The molecule has 30 heavy (non-hydrogen) atoms. The summed E-state index contributed by atoms with van der Waals surface area (Å²) in [5.41, 5.74) is 0.0439. The molecule has 1 atom stereocenters. The molecule has 1 aromatic rings. The van der Waals surface area contributed by atoms with E-state index in [1.165, 1.54) is 42.9 Å². The summed E-state index contributed by atoms with van der Waals surface area (Å²) in [6.45, 7) is 1.25. The molecule has 0 radical (unpaired) electrons. The molecule has 2 N–H and O–H groups in total. The maximum absolute atomic E-state index is 14.6. The fourth-order valence-electron chi connectivity index (χ4n) is 4.05. The minimum atomic E-state index is -2.56. The highest BCUT2D eigenvalue weighted by Gasteiger charge is 2.39. The van der Waals surface area contributed by atoms with Crippen LogP contribution in [0.3, 0.4) is 0 Å². The Morgan fingerprint density at radius 2 is 2.03 bits per heavy atom. The smallest absolute Gasteiger partial charge is 0.268 e. The van der Waals surface area contributed by atoms with Gasteiger partial charge in [0, 0.05) is 16.7 Å². The average molecular weight is 434 g/mol. The monoisotopic (exact) mass is 434 g/mol. The molecule has 1 saturated carbocycles. The van der Waals surface area contributed by atoms with Gasteiger partial charge in [-0.05, 0) is 37.8 Å². The number of thioether (sulfide) groups is 1. The van der Waals surface area contributed by atoms with E-state index < -0.39 is 41.0 Å². The molecule has 1 fully saturated rings. The molecule has 2 heterocycles. The topological polar surface area (TPSA) is 62.0 Å². The maximum Gasteiger partial charge on any atom is 0.268 e. The second-order valence-corrected chi connectivity index (χ2v) is 9.07. The van der Waals surface area contributed by atoms with Crippen LogP contribution in [0.15, 0.2) is 51.1 Å². The van der Waals surface area contributed by atoms with E-state index >= 15 is 0 Å².